The fraction of sp³-hybridized carbons (Fsp3) is 0.542. The van der Waals surface area contributed by atoms with Crippen LogP contribution in [0.5, 0.6) is 5.75 Å². The van der Waals surface area contributed by atoms with Gasteiger partial charge < -0.3 is 61.3 Å². The van der Waals surface area contributed by atoms with Gasteiger partial charge in [-0.05, 0) is 83.3 Å². The van der Waals surface area contributed by atoms with E-state index >= 15 is 0 Å². The molecule has 0 aliphatic carbocycles. The molecule has 0 N–H and O–H groups in total. The fourth-order valence-corrected chi connectivity index (χ4v) is 19.9. The first-order valence-electron chi connectivity index (χ1n) is 35.8. The van der Waals surface area contributed by atoms with Crippen molar-refractivity contribution in [2.75, 3.05) is 35.2 Å². The predicted molar refractivity (Wildman–Crippen MR) is 402 cm³/mol. The van der Waals surface area contributed by atoms with Crippen LogP contribution in [-0.2, 0) is 88.9 Å². The summed E-state index contributed by atoms with van der Waals surface area (Å²) in [6.07, 6.45) is 9.45. The van der Waals surface area contributed by atoms with E-state index < -0.39 is 109 Å². The van der Waals surface area contributed by atoms with Crippen LogP contribution in [0.2, 0.25) is 5.04 Å². The molecule has 0 spiro atoms. The summed E-state index contributed by atoms with van der Waals surface area (Å²) in [7, 11) is 2.77. The standard InChI is InChI=1S/C83H114O17SSi/c1-19-20-21-22-32-39-74(85)97-77-63(49-75(86)89-16)48-66(51-72(93-56-62-40-42-64(88-15)43-41-62)59(3)94-57-92-55-61-33-26-23-27-34-61)99-83(77,91-18)80(11,12)45-44-65-46-58(2)47-69(96-65)54-82(90-17)81(13,14)73(95-60(4)84)52-67(98-82)50-68(53-76(87)101-78(5,6)7)100-102(79(8,9)10,70-35-28-24-29-36-70)71-37-30-25-31-38-71/h21-45,49,59,65-69,72-73,77H,2,19-20,46-48,50-57H2,1,3-18H3/b22-21+,39-32+,45-44+,63-49+/t59-,65+,66+,67-,68-,69+,72-,73+,77+,82+,83-/m1/s1. The summed E-state index contributed by atoms with van der Waals surface area (Å²) in [6, 6.07) is 38.2. The van der Waals surface area contributed by atoms with Gasteiger partial charge in [-0.1, -0.05) is 240 Å². The van der Waals surface area contributed by atoms with Crippen LogP contribution in [-0.4, -0.2) is 138 Å². The van der Waals surface area contributed by atoms with Gasteiger partial charge in [-0.2, -0.15) is 0 Å². The largest absolute Gasteiger partial charge is 0.497 e. The zero-order valence-electron chi connectivity index (χ0n) is 63.5. The minimum Gasteiger partial charge on any atom is -0.497 e. The molecule has 4 aromatic carbocycles. The van der Waals surface area contributed by atoms with Gasteiger partial charge in [0.05, 0.1) is 75.6 Å². The Balaban J connectivity index is 1.24. The number of carbonyl (C=O) groups excluding carboxylic acids is 4. The number of rotatable bonds is 34. The summed E-state index contributed by atoms with van der Waals surface area (Å²) in [6.45, 7) is 31.1. The topological polar surface area (TPSA) is 188 Å². The molecule has 3 fully saturated rings. The smallest absolute Gasteiger partial charge is 0.331 e. The van der Waals surface area contributed by atoms with Gasteiger partial charge in [0.25, 0.3) is 8.32 Å². The number of hydrogen-bond donors (Lipinski definition) is 0. The second-order valence-corrected chi connectivity index (χ2v) is 36.3. The maximum absolute atomic E-state index is 14.4. The van der Waals surface area contributed by atoms with Crippen LogP contribution in [0.1, 0.15) is 165 Å². The molecule has 7 rings (SSSR count). The van der Waals surface area contributed by atoms with Gasteiger partial charge in [0.15, 0.2) is 17.0 Å². The maximum atomic E-state index is 14.4. The lowest BCUT2D eigenvalue weighted by Crippen LogP contribution is -2.68. The number of benzene rings is 4. The highest BCUT2D eigenvalue weighted by molar-refractivity contribution is 8.14. The highest BCUT2D eigenvalue weighted by Crippen LogP contribution is 2.53. The van der Waals surface area contributed by atoms with Crippen molar-refractivity contribution in [1.29, 1.82) is 0 Å². The first-order chi connectivity index (χ1) is 48.3. The van der Waals surface area contributed by atoms with Gasteiger partial charge in [0, 0.05) is 69.1 Å². The quantitative estimate of drug-likeness (QED) is 0.00627. The molecule has 0 aromatic heterocycles. The predicted octanol–water partition coefficient (Wildman–Crippen LogP) is 15.6. The summed E-state index contributed by atoms with van der Waals surface area (Å²) in [4.78, 5) is 55.6. The molecule has 0 amide bonds. The average Bonchev–Trinajstić information content (AvgIpc) is 0.746. The molecule has 0 bridgehead atoms. The molecule has 3 aliphatic heterocycles. The lowest BCUT2D eigenvalue weighted by Gasteiger charge is -2.56. The monoisotopic (exact) mass is 1440 g/mol. The van der Waals surface area contributed by atoms with E-state index in [1.54, 1.807) is 26.4 Å². The van der Waals surface area contributed by atoms with E-state index in [-0.39, 0.29) is 55.4 Å². The molecular weight excluding hydrogens is 1330 g/mol. The minimum atomic E-state index is -3.26. The van der Waals surface area contributed by atoms with Crippen LogP contribution in [0.25, 0.3) is 0 Å². The molecule has 0 unspecified atom stereocenters. The Hall–Kier alpha value is -6.33. The maximum Gasteiger partial charge on any atom is 0.331 e. The van der Waals surface area contributed by atoms with Crippen molar-refractivity contribution in [1.82, 2.24) is 0 Å². The molecule has 558 valence electrons. The van der Waals surface area contributed by atoms with Gasteiger partial charge in [0.2, 0.25) is 5.79 Å². The third kappa shape index (κ3) is 22.1. The summed E-state index contributed by atoms with van der Waals surface area (Å²) >= 11 is 1.30. The Labute approximate surface area is 612 Å². The fourth-order valence-electron chi connectivity index (χ4n) is 14.2. The summed E-state index contributed by atoms with van der Waals surface area (Å²) in [5, 5.41) is 1.73. The van der Waals surface area contributed by atoms with Crippen LogP contribution in [0.3, 0.4) is 0 Å². The number of methoxy groups -OCH3 is 4. The first-order valence-corrected chi connectivity index (χ1v) is 38.5. The lowest BCUT2D eigenvalue weighted by molar-refractivity contribution is -0.358. The SMILES string of the molecule is C=C1C[C@@H](C[C@]2(OC)O[C@H](C[C@H](CC(=O)SC(C)(C)C)O[Si](c3ccccc3)(c3ccccc3)C(C)(C)C)C[C@H](OC(C)=O)C2(C)C)O[C@@H](/C=C/C(C)(C)[C@]2(OC)O[C@H](C[C@@H](OCc3ccc(OC)cc3)[C@@H](C)OCOCc3ccccc3)C/C(=C\C(=O)OC)[C@@H]2OC(=O)/C=C/C=C/CCC)C1. The van der Waals surface area contributed by atoms with Crippen LogP contribution in [0.4, 0.5) is 0 Å². The lowest BCUT2D eigenvalue weighted by atomic mass is 9.70. The van der Waals surface area contributed by atoms with Crippen LogP contribution in [0.15, 0.2) is 176 Å². The number of hydrogen-bond acceptors (Lipinski definition) is 18. The summed E-state index contributed by atoms with van der Waals surface area (Å²) in [5.74, 6) is -4.37. The molecule has 3 aliphatic rings. The van der Waals surface area contributed by atoms with E-state index in [9.17, 15) is 19.2 Å². The van der Waals surface area contributed by atoms with Gasteiger partial charge in [0.1, 0.15) is 18.6 Å². The Bertz CT molecular complexity index is 3410. The van der Waals surface area contributed by atoms with Crippen LogP contribution in [0, 0.1) is 10.8 Å². The van der Waals surface area contributed by atoms with E-state index in [0.29, 0.717) is 37.2 Å². The molecule has 102 heavy (non-hydrogen) atoms. The molecule has 3 saturated heterocycles. The number of thioether (sulfide) groups is 1. The van der Waals surface area contributed by atoms with E-state index in [1.165, 1.54) is 45.1 Å². The van der Waals surface area contributed by atoms with E-state index in [1.807, 2.05) is 165 Å². The van der Waals surface area contributed by atoms with Gasteiger partial charge in [-0.25, -0.2) is 9.59 Å². The van der Waals surface area contributed by atoms with Gasteiger partial charge in [-0.15, -0.1) is 0 Å². The Kier molecular flexibility index (Phi) is 30.6. The number of esters is 3. The summed E-state index contributed by atoms with van der Waals surface area (Å²) < 4.78 is 85.6. The van der Waals surface area contributed by atoms with Gasteiger partial charge in [-0.3, -0.25) is 9.59 Å². The van der Waals surface area contributed by atoms with Crippen molar-refractivity contribution < 1.29 is 80.4 Å². The Morgan fingerprint density at radius 1 is 0.725 bits per heavy atom. The molecule has 11 atom stereocenters. The zero-order valence-corrected chi connectivity index (χ0v) is 65.3. The van der Waals surface area contributed by atoms with Crippen molar-refractivity contribution >= 4 is 53.5 Å². The highest BCUT2D eigenvalue weighted by atomic mass is 32.2. The molecule has 0 radical (unpaired) electrons. The minimum absolute atomic E-state index is 0.00628. The van der Waals surface area contributed by atoms with Crippen molar-refractivity contribution in [3.63, 3.8) is 0 Å². The second-order valence-electron chi connectivity index (χ2n) is 30.1. The number of ether oxygens (including phenoxy) is 12. The third-order valence-electron chi connectivity index (χ3n) is 19.5. The number of carbonyl (C=O) groups is 4. The molecule has 4 aromatic rings. The Morgan fingerprint density at radius 2 is 1.36 bits per heavy atom. The second kappa shape index (κ2) is 37.6. The van der Waals surface area contributed by atoms with Crippen LogP contribution < -0.4 is 15.1 Å². The molecule has 3 heterocycles. The molecular formula is C83H114O17SSi. The van der Waals surface area contributed by atoms with Gasteiger partial charge >= 0.3 is 17.9 Å². The third-order valence-corrected chi connectivity index (χ3v) is 25.6. The van der Waals surface area contributed by atoms with Crippen LogP contribution >= 0.6 is 11.8 Å². The summed E-state index contributed by atoms with van der Waals surface area (Å²) in [5.41, 5.74) is 1.02. The zero-order chi connectivity index (χ0) is 74.5. The van der Waals surface area contributed by atoms with E-state index in [2.05, 4.69) is 58.5 Å². The molecule has 17 nitrogen and oxygen atoms in total. The first kappa shape index (κ1) is 82.9. The van der Waals surface area contributed by atoms with E-state index in [4.69, 9.17) is 61.3 Å². The van der Waals surface area contributed by atoms with Crippen molar-refractivity contribution in [2.24, 2.45) is 10.8 Å². The number of unbranched alkanes of at least 4 members (excludes halogenated alkanes) is 1. The van der Waals surface area contributed by atoms with Crippen molar-refractivity contribution in [3.8, 4) is 5.75 Å². The average molecular weight is 1440 g/mol. The highest BCUT2D eigenvalue weighted by Gasteiger charge is 2.62. The van der Waals surface area contributed by atoms with E-state index in [0.717, 1.165) is 39.9 Å². The van der Waals surface area contributed by atoms with Crippen molar-refractivity contribution in [2.45, 2.75) is 244 Å². The number of allylic oxidation sites excluding steroid dienone is 3. The van der Waals surface area contributed by atoms with Crippen molar-refractivity contribution in [3.05, 3.63) is 187 Å². The Morgan fingerprint density at radius 3 is 1.94 bits per heavy atom. The molecule has 0 saturated carbocycles. The molecule has 19 heteroatoms. The normalized spacial score (nSPS) is 24.2.